The van der Waals surface area contributed by atoms with E-state index < -0.39 is 0 Å². The van der Waals surface area contributed by atoms with Crippen LogP contribution in [0.25, 0.3) is 0 Å². The number of ether oxygens (including phenoxy) is 2. The first-order chi connectivity index (χ1) is 12.2. The van der Waals surface area contributed by atoms with Gasteiger partial charge in [0.1, 0.15) is 6.61 Å². The summed E-state index contributed by atoms with van der Waals surface area (Å²) in [5.41, 5.74) is 3.51. The molecule has 152 valence electrons. The van der Waals surface area contributed by atoms with Crippen LogP contribution >= 0.6 is 24.8 Å². The molecule has 7 heteroatoms. The molecule has 0 radical (unpaired) electrons. The smallest absolute Gasteiger partial charge is 0.161 e. The number of aliphatic hydroxyl groups is 1. The fourth-order valence-electron chi connectivity index (χ4n) is 2.40. The van der Waals surface area contributed by atoms with E-state index in [2.05, 4.69) is 41.8 Å². The summed E-state index contributed by atoms with van der Waals surface area (Å²) in [6.07, 6.45) is 0. The first kappa shape index (κ1) is 25.5. The van der Waals surface area contributed by atoms with Crippen molar-refractivity contribution in [3.05, 3.63) is 59.2 Å². The highest BCUT2D eigenvalue weighted by molar-refractivity contribution is 5.85. The van der Waals surface area contributed by atoms with Crippen LogP contribution in [0.2, 0.25) is 0 Å². The van der Waals surface area contributed by atoms with Crippen LogP contribution < -0.4 is 20.1 Å². The molecule has 0 atom stereocenters. The summed E-state index contributed by atoms with van der Waals surface area (Å²) >= 11 is 0. The van der Waals surface area contributed by atoms with E-state index in [0.717, 1.165) is 42.3 Å². The zero-order valence-corrected chi connectivity index (χ0v) is 17.5. The van der Waals surface area contributed by atoms with Gasteiger partial charge in [-0.25, -0.2) is 0 Å². The summed E-state index contributed by atoms with van der Waals surface area (Å²) in [5, 5.41) is 15.2. The fourth-order valence-corrected chi connectivity index (χ4v) is 2.40. The Morgan fingerprint density at radius 2 is 1.52 bits per heavy atom. The zero-order valence-electron chi connectivity index (χ0n) is 15.9. The number of hydrogen-bond acceptors (Lipinski definition) is 5. The van der Waals surface area contributed by atoms with Crippen molar-refractivity contribution in [2.45, 2.75) is 20.1 Å². The third-order valence-corrected chi connectivity index (χ3v) is 3.84. The molecule has 27 heavy (non-hydrogen) atoms. The molecule has 3 N–H and O–H groups in total. The first-order valence-electron chi connectivity index (χ1n) is 8.60. The molecule has 0 saturated heterocycles. The Hall–Kier alpha value is -1.50. The van der Waals surface area contributed by atoms with Crippen LogP contribution in [0.3, 0.4) is 0 Å². The highest BCUT2D eigenvalue weighted by Crippen LogP contribution is 2.28. The van der Waals surface area contributed by atoms with E-state index in [9.17, 15) is 0 Å². The maximum atomic E-state index is 8.70. The molecule has 2 aromatic rings. The van der Waals surface area contributed by atoms with Gasteiger partial charge in [-0.05, 0) is 30.2 Å². The van der Waals surface area contributed by atoms with Gasteiger partial charge in [-0.1, -0.05) is 35.9 Å². The van der Waals surface area contributed by atoms with Gasteiger partial charge in [0.25, 0.3) is 0 Å². The maximum absolute atomic E-state index is 8.70. The SMILES string of the molecule is COc1cc(CNCCNCCO)ccc1OCc1ccc(C)cc1.Cl.Cl. The van der Waals surface area contributed by atoms with E-state index in [0.29, 0.717) is 13.2 Å². The van der Waals surface area contributed by atoms with Gasteiger partial charge >= 0.3 is 0 Å². The third-order valence-electron chi connectivity index (χ3n) is 3.84. The van der Waals surface area contributed by atoms with E-state index in [-0.39, 0.29) is 31.4 Å². The van der Waals surface area contributed by atoms with Crippen LogP contribution in [0.4, 0.5) is 0 Å². The minimum absolute atomic E-state index is 0. The van der Waals surface area contributed by atoms with E-state index in [1.54, 1.807) is 7.11 Å². The molecule has 0 amide bonds. The lowest BCUT2D eigenvalue weighted by Crippen LogP contribution is -2.28. The zero-order chi connectivity index (χ0) is 17.9. The van der Waals surface area contributed by atoms with Crippen LogP contribution in [0.1, 0.15) is 16.7 Å². The predicted molar refractivity (Wildman–Crippen MR) is 115 cm³/mol. The van der Waals surface area contributed by atoms with Crippen LogP contribution in [-0.2, 0) is 13.2 Å². The molecule has 5 nitrogen and oxygen atoms in total. The molecular weight excluding hydrogens is 387 g/mol. The summed E-state index contributed by atoms with van der Waals surface area (Å²) in [7, 11) is 1.66. The van der Waals surface area contributed by atoms with Crippen molar-refractivity contribution in [1.82, 2.24) is 10.6 Å². The number of nitrogens with one attached hydrogen (secondary N) is 2. The van der Waals surface area contributed by atoms with E-state index >= 15 is 0 Å². The number of rotatable bonds is 11. The van der Waals surface area contributed by atoms with Crippen molar-refractivity contribution in [3.8, 4) is 11.5 Å². The first-order valence-corrected chi connectivity index (χ1v) is 8.60. The van der Waals surface area contributed by atoms with Gasteiger partial charge in [0.15, 0.2) is 11.5 Å². The van der Waals surface area contributed by atoms with Crippen molar-refractivity contribution in [3.63, 3.8) is 0 Å². The summed E-state index contributed by atoms with van der Waals surface area (Å²) in [6, 6.07) is 14.3. The Labute approximate surface area is 174 Å². The molecule has 0 unspecified atom stereocenters. The summed E-state index contributed by atoms with van der Waals surface area (Å²) < 4.78 is 11.4. The molecular formula is C20H30Cl2N2O3. The molecule has 2 aromatic carbocycles. The summed E-state index contributed by atoms with van der Waals surface area (Å²) in [6.45, 7) is 5.82. The quantitative estimate of drug-likeness (QED) is 0.491. The maximum Gasteiger partial charge on any atom is 0.161 e. The van der Waals surface area contributed by atoms with Crippen LogP contribution in [-0.4, -0.2) is 38.5 Å². The van der Waals surface area contributed by atoms with Crippen molar-refractivity contribution in [2.75, 3.05) is 33.4 Å². The largest absolute Gasteiger partial charge is 0.493 e. The predicted octanol–water partition coefficient (Wildman–Crippen LogP) is 3.10. The lowest BCUT2D eigenvalue weighted by atomic mass is 10.1. The lowest BCUT2D eigenvalue weighted by Gasteiger charge is -2.13. The standard InChI is InChI=1S/C20H28N2O3.2ClH/c1-16-3-5-17(6-4-16)15-25-19-8-7-18(13-20(19)24-2)14-22-10-9-21-11-12-23;;/h3-8,13,21-23H,9-12,14-15H2,1-2H3;2*1H. The van der Waals surface area contributed by atoms with Gasteiger partial charge in [0, 0.05) is 26.2 Å². The monoisotopic (exact) mass is 416 g/mol. The normalized spacial score (nSPS) is 9.89. The summed E-state index contributed by atoms with van der Waals surface area (Å²) in [4.78, 5) is 0. The minimum Gasteiger partial charge on any atom is -0.493 e. The van der Waals surface area contributed by atoms with E-state index in [1.807, 2.05) is 18.2 Å². The molecule has 0 spiro atoms. The Bertz CT molecular complexity index is 640. The Morgan fingerprint density at radius 1 is 0.852 bits per heavy atom. The molecule has 0 aliphatic rings. The molecule has 0 bridgehead atoms. The Kier molecular flexibility index (Phi) is 13.7. The molecule has 0 fully saturated rings. The highest BCUT2D eigenvalue weighted by atomic mass is 35.5. The van der Waals surface area contributed by atoms with Gasteiger partial charge in [-0.15, -0.1) is 24.8 Å². The van der Waals surface area contributed by atoms with Gasteiger partial charge in [0.05, 0.1) is 13.7 Å². The molecule has 2 rings (SSSR count). The van der Waals surface area contributed by atoms with Gasteiger partial charge in [0.2, 0.25) is 0 Å². The Balaban J connectivity index is 0.00000338. The number of methoxy groups -OCH3 is 1. The van der Waals surface area contributed by atoms with Gasteiger partial charge in [-0.2, -0.15) is 0 Å². The third kappa shape index (κ3) is 9.31. The Morgan fingerprint density at radius 3 is 2.19 bits per heavy atom. The number of aliphatic hydroxyl groups excluding tert-OH is 1. The van der Waals surface area contributed by atoms with Gasteiger partial charge in [-0.3, -0.25) is 0 Å². The van der Waals surface area contributed by atoms with Crippen LogP contribution in [0.5, 0.6) is 11.5 Å². The lowest BCUT2D eigenvalue weighted by molar-refractivity contribution is 0.284. The number of aryl methyl sites for hydroxylation is 1. The van der Waals surface area contributed by atoms with Crippen molar-refractivity contribution in [2.24, 2.45) is 0 Å². The fraction of sp³-hybridized carbons (Fsp3) is 0.400. The van der Waals surface area contributed by atoms with Crippen molar-refractivity contribution < 1.29 is 14.6 Å². The number of hydrogen-bond donors (Lipinski definition) is 3. The van der Waals surface area contributed by atoms with E-state index in [1.165, 1.54) is 5.56 Å². The van der Waals surface area contributed by atoms with Crippen LogP contribution in [0.15, 0.2) is 42.5 Å². The molecule has 0 saturated carbocycles. The highest BCUT2D eigenvalue weighted by Gasteiger charge is 2.06. The summed E-state index contributed by atoms with van der Waals surface area (Å²) in [5.74, 6) is 1.49. The topological polar surface area (TPSA) is 62.8 Å². The van der Waals surface area contributed by atoms with Crippen molar-refractivity contribution >= 4 is 24.8 Å². The second-order valence-corrected chi connectivity index (χ2v) is 5.91. The molecule has 0 aromatic heterocycles. The number of halogens is 2. The number of benzene rings is 2. The minimum atomic E-state index is 0. The van der Waals surface area contributed by atoms with E-state index in [4.69, 9.17) is 14.6 Å². The van der Waals surface area contributed by atoms with Crippen LogP contribution in [0, 0.1) is 6.92 Å². The average Bonchev–Trinajstić information content (AvgIpc) is 2.64. The second-order valence-electron chi connectivity index (χ2n) is 5.91. The average molecular weight is 417 g/mol. The molecule has 0 aliphatic carbocycles. The molecule has 0 heterocycles. The second kappa shape index (κ2) is 14.5. The molecule has 0 aliphatic heterocycles. The van der Waals surface area contributed by atoms with Crippen molar-refractivity contribution in [1.29, 1.82) is 0 Å². The van der Waals surface area contributed by atoms with Gasteiger partial charge < -0.3 is 25.2 Å².